The fourth-order valence-electron chi connectivity index (χ4n) is 0.951. The van der Waals surface area contributed by atoms with E-state index >= 15 is 0 Å². The Labute approximate surface area is 66.5 Å². The molecule has 2 unspecified atom stereocenters. The van der Waals surface area contributed by atoms with Gasteiger partial charge in [-0.1, -0.05) is 6.92 Å². The first-order valence-corrected chi connectivity index (χ1v) is 4.11. The van der Waals surface area contributed by atoms with Gasteiger partial charge in [-0.05, 0) is 13.3 Å². The third kappa shape index (κ3) is 1.62. The Kier molecular flexibility index (Phi) is 2.55. The van der Waals surface area contributed by atoms with Crippen LogP contribution in [-0.4, -0.2) is 24.4 Å². The highest BCUT2D eigenvalue weighted by molar-refractivity contribution is 6.18. The Hall–Kier alpha value is 0.210. The van der Waals surface area contributed by atoms with E-state index in [1.807, 2.05) is 13.8 Å². The third-order valence-corrected chi connectivity index (χ3v) is 2.15. The van der Waals surface area contributed by atoms with Gasteiger partial charge in [-0.3, -0.25) is 0 Å². The number of halogens is 1. The van der Waals surface area contributed by atoms with Crippen molar-refractivity contribution in [3.8, 4) is 0 Å². The Balaban J connectivity index is 2.41. The first-order chi connectivity index (χ1) is 4.70. The average Bonchev–Trinajstić information content (AvgIpc) is 2.33. The van der Waals surface area contributed by atoms with Crippen molar-refractivity contribution in [1.82, 2.24) is 0 Å². The maximum absolute atomic E-state index is 5.59. The number of ether oxygens (including phenoxy) is 2. The van der Waals surface area contributed by atoms with Gasteiger partial charge in [-0.2, -0.15) is 0 Å². The molecule has 1 aliphatic heterocycles. The molecule has 0 aromatic carbocycles. The van der Waals surface area contributed by atoms with Gasteiger partial charge in [0.2, 0.25) is 0 Å². The van der Waals surface area contributed by atoms with Gasteiger partial charge in [0.1, 0.15) is 0 Å². The summed E-state index contributed by atoms with van der Waals surface area (Å²) < 4.78 is 10.9. The van der Waals surface area contributed by atoms with Crippen LogP contribution in [0.2, 0.25) is 0 Å². The van der Waals surface area contributed by atoms with Crippen LogP contribution in [0.5, 0.6) is 0 Å². The minimum atomic E-state index is -0.375. The monoisotopic (exact) mass is 164 g/mol. The fraction of sp³-hybridized carbons (Fsp3) is 1.00. The molecule has 3 heteroatoms. The van der Waals surface area contributed by atoms with Crippen molar-refractivity contribution in [1.29, 1.82) is 0 Å². The maximum atomic E-state index is 5.59. The Morgan fingerprint density at radius 3 is 2.70 bits per heavy atom. The van der Waals surface area contributed by atoms with E-state index in [0.29, 0.717) is 12.5 Å². The van der Waals surface area contributed by atoms with Crippen LogP contribution in [0.15, 0.2) is 0 Å². The molecule has 0 aliphatic carbocycles. The van der Waals surface area contributed by atoms with Gasteiger partial charge in [-0.25, -0.2) is 0 Å². The van der Waals surface area contributed by atoms with Crippen molar-refractivity contribution < 1.29 is 9.47 Å². The summed E-state index contributed by atoms with van der Waals surface area (Å²) >= 11 is 5.59. The number of hydrogen-bond acceptors (Lipinski definition) is 2. The average molecular weight is 165 g/mol. The molecule has 0 aromatic heterocycles. The molecule has 1 saturated heterocycles. The zero-order chi connectivity index (χ0) is 7.61. The topological polar surface area (TPSA) is 18.5 Å². The van der Waals surface area contributed by atoms with Crippen LogP contribution in [0, 0.1) is 0 Å². The van der Waals surface area contributed by atoms with Crippen LogP contribution in [-0.2, 0) is 9.47 Å². The summed E-state index contributed by atoms with van der Waals surface area (Å²) in [4.78, 5) is 0. The van der Waals surface area contributed by atoms with Crippen LogP contribution in [0.25, 0.3) is 0 Å². The van der Waals surface area contributed by atoms with Crippen molar-refractivity contribution in [2.75, 3.05) is 12.5 Å². The molecule has 2 atom stereocenters. The van der Waals surface area contributed by atoms with E-state index in [9.17, 15) is 0 Å². The summed E-state index contributed by atoms with van der Waals surface area (Å²) in [6, 6.07) is 0. The van der Waals surface area contributed by atoms with E-state index in [1.54, 1.807) is 0 Å². The quantitative estimate of drug-likeness (QED) is 0.580. The maximum Gasteiger partial charge on any atom is 0.165 e. The molecule has 2 nitrogen and oxygen atoms in total. The Morgan fingerprint density at radius 1 is 1.70 bits per heavy atom. The van der Waals surface area contributed by atoms with Gasteiger partial charge < -0.3 is 9.47 Å². The molecule has 1 rings (SSSR count). The SMILES string of the molecule is CCC1(C)OCC(CCl)O1. The molecule has 1 fully saturated rings. The number of rotatable bonds is 2. The van der Waals surface area contributed by atoms with Gasteiger partial charge in [0.05, 0.1) is 18.6 Å². The van der Waals surface area contributed by atoms with Crippen molar-refractivity contribution in [2.24, 2.45) is 0 Å². The van der Waals surface area contributed by atoms with E-state index in [4.69, 9.17) is 21.1 Å². The Morgan fingerprint density at radius 2 is 2.40 bits per heavy atom. The standard InChI is InChI=1S/C7H13ClO2/c1-3-7(2)9-5-6(4-8)10-7/h6H,3-5H2,1-2H3. The number of alkyl halides is 1. The van der Waals surface area contributed by atoms with E-state index in [1.165, 1.54) is 0 Å². The minimum absolute atomic E-state index is 0.0895. The van der Waals surface area contributed by atoms with E-state index in [-0.39, 0.29) is 11.9 Å². The van der Waals surface area contributed by atoms with Gasteiger partial charge >= 0.3 is 0 Å². The molecule has 0 amide bonds. The molecule has 0 aromatic rings. The summed E-state index contributed by atoms with van der Waals surface area (Å²) in [7, 11) is 0. The highest BCUT2D eigenvalue weighted by Gasteiger charge is 2.34. The molecular formula is C7H13ClO2. The predicted octanol–water partition coefficient (Wildman–Crippen LogP) is 1.77. The van der Waals surface area contributed by atoms with Crippen molar-refractivity contribution in [3.05, 3.63) is 0 Å². The van der Waals surface area contributed by atoms with Gasteiger partial charge in [0.15, 0.2) is 5.79 Å². The van der Waals surface area contributed by atoms with Crippen LogP contribution in [0.4, 0.5) is 0 Å². The molecule has 60 valence electrons. The molecule has 0 N–H and O–H groups in total. The molecule has 0 radical (unpaired) electrons. The van der Waals surface area contributed by atoms with Gasteiger partial charge in [0.25, 0.3) is 0 Å². The van der Waals surface area contributed by atoms with E-state index in [2.05, 4.69) is 0 Å². The molecule has 0 bridgehead atoms. The van der Waals surface area contributed by atoms with Crippen LogP contribution >= 0.6 is 11.6 Å². The van der Waals surface area contributed by atoms with Crippen molar-refractivity contribution >= 4 is 11.6 Å². The second kappa shape index (κ2) is 3.07. The molecular weight excluding hydrogens is 152 g/mol. The summed E-state index contributed by atoms with van der Waals surface area (Å²) in [6.07, 6.45) is 0.965. The third-order valence-electron chi connectivity index (χ3n) is 1.80. The normalized spacial score (nSPS) is 40.5. The first-order valence-electron chi connectivity index (χ1n) is 3.58. The van der Waals surface area contributed by atoms with Crippen molar-refractivity contribution in [3.63, 3.8) is 0 Å². The smallest absolute Gasteiger partial charge is 0.165 e. The summed E-state index contributed by atoms with van der Waals surface area (Å²) in [5.74, 6) is 0.148. The molecule has 10 heavy (non-hydrogen) atoms. The number of hydrogen-bond donors (Lipinski definition) is 0. The van der Waals surface area contributed by atoms with Crippen molar-refractivity contribution in [2.45, 2.75) is 32.2 Å². The second-order valence-electron chi connectivity index (χ2n) is 2.69. The highest BCUT2D eigenvalue weighted by Crippen LogP contribution is 2.26. The lowest BCUT2D eigenvalue weighted by molar-refractivity contribution is -0.152. The lowest BCUT2D eigenvalue weighted by Crippen LogP contribution is -2.25. The Bertz CT molecular complexity index is 118. The largest absolute Gasteiger partial charge is 0.347 e. The van der Waals surface area contributed by atoms with E-state index in [0.717, 1.165) is 6.42 Å². The second-order valence-corrected chi connectivity index (χ2v) is 3.00. The summed E-state index contributed by atoms with van der Waals surface area (Å²) in [5, 5.41) is 0. The molecule has 1 aliphatic rings. The van der Waals surface area contributed by atoms with Gasteiger partial charge in [-0.15, -0.1) is 11.6 Å². The fourth-order valence-corrected chi connectivity index (χ4v) is 1.10. The first kappa shape index (κ1) is 8.31. The zero-order valence-corrected chi connectivity index (χ0v) is 7.15. The lowest BCUT2D eigenvalue weighted by Gasteiger charge is -2.20. The van der Waals surface area contributed by atoms with Gasteiger partial charge in [0, 0.05) is 0 Å². The molecule has 1 heterocycles. The molecule has 0 saturated carbocycles. The summed E-state index contributed by atoms with van der Waals surface area (Å²) in [6.45, 7) is 4.62. The zero-order valence-electron chi connectivity index (χ0n) is 6.39. The van der Waals surface area contributed by atoms with Crippen LogP contribution in [0.1, 0.15) is 20.3 Å². The minimum Gasteiger partial charge on any atom is -0.347 e. The van der Waals surface area contributed by atoms with E-state index < -0.39 is 0 Å². The molecule has 0 spiro atoms. The van der Waals surface area contributed by atoms with Crippen LogP contribution in [0.3, 0.4) is 0 Å². The highest BCUT2D eigenvalue weighted by atomic mass is 35.5. The van der Waals surface area contributed by atoms with Crippen LogP contribution < -0.4 is 0 Å². The lowest BCUT2D eigenvalue weighted by atomic mass is 10.2. The summed E-state index contributed by atoms with van der Waals surface area (Å²) in [5.41, 5.74) is 0. The predicted molar refractivity (Wildman–Crippen MR) is 40.2 cm³/mol.